The van der Waals surface area contributed by atoms with E-state index in [0.717, 1.165) is 26.1 Å². The number of epoxide rings is 2. The standard InChI is InChI=1S/C12H14O3/c13-12-3-1-2-8(4-9-6-14-9)11(12)5-10-7-15-10/h1-3,9-11H,4-7H2. The minimum absolute atomic E-state index is 0.0479. The molecule has 0 aromatic rings. The summed E-state index contributed by atoms with van der Waals surface area (Å²) in [4.78, 5) is 11.7. The Morgan fingerprint density at radius 3 is 2.67 bits per heavy atom. The number of ketones is 1. The van der Waals surface area contributed by atoms with E-state index in [9.17, 15) is 4.79 Å². The lowest BCUT2D eigenvalue weighted by molar-refractivity contribution is -0.117. The molecule has 3 atom stereocenters. The maximum absolute atomic E-state index is 11.7. The van der Waals surface area contributed by atoms with E-state index >= 15 is 0 Å². The molecule has 3 rings (SSSR count). The first-order chi connectivity index (χ1) is 7.33. The van der Waals surface area contributed by atoms with Crippen LogP contribution in [-0.2, 0) is 14.3 Å². The normalized spacial score (nSPS) is 37.7. The van der Waals surface area contributed by atoms with E-state index in [0.29, 0.717) is 12.2 Å². The second-order valence-electron chi connectivity index (χ2n) is 4.41. The number of hydrogen-bond acceptors (Lipinski definition) is 3. The summed E-state index contributed by atoms with van der Waals surface area (Å²) in [5.41, 5.74) is 1.22. The Hall–Kier alpha value is -0.930. The molecule has 3 nitrogen and oxygen atoms in total. The Morgan fingerprint density at radius 2 is 2.00 bits per heavy atom. The van der Waals surface area contributed by atoms with Crippen molar-refractivity contribution in [2.45, 2.75) is 25.0 Å². The van der Waals surface area contributed by atoms with Gasteiger partial charge in [0.15, 0.2) is 5.78 Å². The van der Waals surface area contributed by atoms with Gasteiger partial charge >= 0.3 is 0 Å². The molecule has 1 aliphatic carbocycles. The summed E-state index contributed by atoms with van der Waals surface area (Å²) < 4.78 is 10.4. The number of rotatable bonds is 4. The summed E-state index contributed by atoms with van der Waals surface area (Å²) >= 11 is 0. The summed E-state index contributed by atoms with van der Waals surface area (Å²) in [6, 6.07) is 0. The largest absolute Gasteiger partial charge is 0.373 e. The average Bonchev–Trinajstić information content (AvgIpc) is 3.06. The van der Waals surface area contributed by atoms with Crippen LogP contribution in [0.2, 0.25) is 0 Å². The zero-order valence-corrected chi connectivity index (χ0v) is 8.52. The summed E-state index contributed by atoms with van der Waals surface area (Å²) in [5, 5.41) is 0. The van der Waals surface area contributed by atoms with Gasteiger partial charge in [-0.25, -0.2) is 0 Å². The zero-order valence-electron chi connectivity index (χ0n) is 8.52. The van der Waals surface area contributed by atoms with Gasteiger partial charge < -0.3 is 9.47 Å². The van der Waals surface area contributed by atoms with Crippen molar-refractivity contribution in [3.8, 4) is 0 Å². The van der Waals surface area contributed by atoms with Gasteiger partial charge in [0, 0.05) is 5.92 Å². The van der Waals surface area contributed by atoms with E-state index in [4.69, 9.17) is 9.47 Å². The van der Waals surface area contributed by atoms with Gasteiger partial charge in [-0.15, -0.1) is 0 Å². The van der Waals surface area contributed by atoms with Crippen molar-refractivity contribution < 1.29 is 14.3 Å². The Balaban J connectivity index is 1.70. The molecule has 2 saturated heterocycles. The summed E-state index contributed by atoms with van der Waals surface area (Å²) in [6.45, 7) is 1.67. The third-order valence-corrected chi connectivity index (χ3v) is 3.13. The number of allylic oxidation sites excluding steroid dienone is 3. The first kappa shape index (κ1) is 9.31. The van der Waals surface area contributed by atoms with Gasteiger partial charge in [-0.3, -0.25) is 4.79 Å². The molecule has 0 bridgehead atoms. The third-order valence-electron chi connectivity index (χ3n) is 3.13. The van der Waals surface area contributed by atoms with Crippen LogP contribution in [0.4, 0.5) is 0 Å². The molecule has 0 aromatic carbocycles. The molecule has 2 heterocycles. The molecular weight excluding hydrogens is 192 g/mol. The van der Waals surface area contributed by atoms with Gasteiger partial charge in [0.05, 0.1) is 25.4 Å². The second kappa shape index (κ2) is 3.58. The lowest BCUT2D eigenvalue weighted by Crippen LogP contribution is -2.20. The Bertz CT molecular complexity index is 335. The third kappa shape index (κ3) is 2.19. The van der Waals surface area contributed by atoms with Crippen molar-refractivity contribution in [1.82, 2.24) is 0 Å². The van der Waals surface area contributed by atoms with E-state index in [-0.39, 0.29) is 11.7 Å². The smallest absolute Gasteiger partial charge is 0.162 e. The van der Waals surface area contributed by atoms with Gasteiger partial charge in [0.25, 0.3) is 0 Å². The molecule has 0 aromatic heterocycles. The van der Waals surface area contributed by atoms with Crippen LogP contribution in [0.25, 0.3) is 0 Å². The number of carbonyl (C=O) groups is 1. The topological polar surface area (TPSA) is 42.1 Å². The van der Waals surface area contributed by atoms with Crippen molar-refractivity contribution in [3.63, 3.8) is 0 Å². The summed E-state index contributed by atoms with van der Waals surface area (Å²) in [5.74, 6) is 0.273. The predicted molar refractivity (Wildman–Crippen MR) is 54.4 cm³/mol. The molecular formula is C12H14O3. The lowest BCUT2D eigenvalue weighted by atomic mass is 9.84. The van der Waals surface area contributed by atoms with Gasteiger partial charge in [-0.1, -0.05) is 17.7 Å². The van der Waals surface area contributed by atoms with Crippen LogP contribution in [0.15, 0.2) is 23.8 Å². The van der Waals surface area contributed by atoms with E-state index in [1.165, 1.54) is 5.57 Å². The highest BCUT2D eigenvalue weighted by molar-refractivity contribution is 5.95. The van der Waals surface area contributed by atoms with Crippen molar-refractivity contribution in [2.75, 3.05) is 13.2 Å². The lowest BCUT2D eigenvalue weighted by Gasteiger charge is -2.18. The first-order valence-electron chi connectivity index (χ1n) is 5.47. The van der Waals surface area contributed by atoms with Gasteiger partial charge in [-0.05, 0) is 18.9 Å². The zero-order chi connectivity index (χ0) is 10.3. The van der Waals surface area contributed by atoms with Gasteiger partial charge in [-0.2, -0.15) is 0 Å². The van der Waals surface area contributed by atoms with Crippen LogP contribution in [0.1, 0.15) is 12.8 Å². The van der Waals surface area contributed by atoms with Crippen LogP contribution >= 0.6 is 0 Å². The molecule has 2 aliphatic heterocycles. The molecule has 80 valence electrons. The fourth-order valence-electron chi connectivity index (χ4n) is 2.08. The molecule has 0 saturated carbocycles. The van der Waals surface area contributed by atoms with E-state index in [1.807, 2.05) is 6.08 Å². The Morgan fingerprint density at radius 1 is 1.27 bits per heavy atom. The summed E-state index contributed by atoms with van der Waals surface area (Å²) in [7, 11) is 0. The van der Waals surface area contributed by atoms with Gasteiger partial charge in [0.2, 0.25) is 0 Å². The van der Waals surface area contributed by atoms with Crippen molar-refractivity contribution in [3.05, 3.63) is 23.8 Å². The molecule has 3 unspecified atom stereocenters. The monoisotopic (exact) mass is 206 g/mol. The highest BCUT2D eigenvalue weighted by atomic mass is 16.6. The molecule has 3 aliphatic rings. The van der Waals surface area contributed by atoms with E-state index in [1.54, 1.807) is 6.08 Å². The number of carbonyl (C=O) groups excluding carboxylic acids is 1. The Kier molecular flexibility index (Phi) is 2.22. The predicted octanol–water partition coefficient (Wildman–Crippen LogP) is 1.25. The number of ether oxygens (including phenoxy) is 2. The van der Waals surface area contributed by atoms with E-state index in [2.05, 4.69) is 6.08 Å². The molecule has 3 heteroatoms. The van der Waals surface area contributed by atoms with Crippen LogP contribution in [0.3, 0.4) is 0 Å². The van der Waals surface area contributed by atoms with Crippen LogP contribution in [0, 0.1) is 5.92 Å². The fraction of sp³-hybridized carbons (Fsp3) is 0.583. The fourth-order valence-corrected chi connectivity index (χ4v) is 2.08. The molecule has 15 heavy (non-hydrogen) atoms. The molecule has 0 spiro atoms. The molecule has 2 fully saturated rings. The summed E-state index contributed by atoms with van der Waals surface area (Å²) in [6.07, 6.45) is 8.02. The Labute approximate surface area is 88.7 Å². The minimum Gasteiger partial charge on any atom is -0.373 e. The molecule has 0 amide bonds. The minimum atomic E-state index is 0.0479. The maximum atomic E-state index is 11.7. The van der Waals surface area contributed by atoms with Crippen LogP contribution in [0.5, 0.6) is 0 Å². The van der Waals surface area contributed by atoms with Crippen LogP contribution in [-0.4, -0.2) is 31.2 Å². The first-order valence-corrected chi connectivity index (χ1v) is 5.47. The van der Waals surface area contributed by atoms with E-state index < -0.39 is 0 Å². The average molecular weight is 206 g/mol. The molecule has 0 N–H and O–H groups in total. The van der Waals surface area contributed by atoms with Crippen molar-refractivity contribution in [2.24, 2.45) is 5.92 Å². The highest BCUT2D eigenvalue weighted by Gasteiger charge is 2.35. The quantitative estimate of drug-likeness (QED) is 0.650. The van der Waals surface area contributed by atoms with Crippen molar-refractivity contribution >= 4 is 5.78 Å². The molecule has 0 radical (unpaired) electrons. The van der Waals surface area contributed by atoms with Crippen molar-refractivity contribution in [1.29, 1.82) is 0 Å². The maximum Gasteiger partial charge on any atom is 0.162 e. The number of hydrogen-bond donors (Lipinski definition) is 0. The van der Waals surface area contributed by atoms with Crippen LogP contribution < -0.4 is 0 Å². The SMILES string of the molecule is O=C1C=CC=C(CC2CO2)C1CC1CO1. The highest BCUT2D eigenvalue weighted by Crippen LogP contribution is 2.32. The van der Waals surface area contributed by atoms with Gasteiger partial charge in [0.1, 0.15) is 0 Å². The second-order valence-corrected chi connectivity index (χ2v) is 4.41.